The maximum absolute atomic E-state index is 4.44. The first-order valence-electron chi connectivity index (χ1n) is 7.16. The molecule has 3 rings (SSSR count). The van der Waals surface area contributed by atoms with Crippen molar-refractivity contribution in [1.29, 1.82) is 0 Å². The summed E-state index contributed by atoms with van der Waals surface area (Å²) in [5, 5.41) is 14.4. The zero-order valence-corrected chi connectivity index (χ0v) is 14.4. The van der Waals surface area contributed by atoms with Crippen molar-refractivity contribution in [3.8, 4) is 0 Å². The molecule has 0 saturated carbocycles. The van der Waals surface area contributed by atoms with Crippen molar-refractivity contribution < 1.29 is 0 Å². The number of hydrogen-bond acceptors (Lipinski definition) is 5. The van der Waals surface area contributed by atoms with Gasteiger partial charge < -0.3 is 10.6 Å². The van der Waals surface area contributed by atoms with Gasteiger partial charge in [-0.05, 0) is 61.4 Å². The second-order valence-electron chi connectivity index (χ2n) is 5.30. The highest BCUT2D eigenvalue weighted by atomic mass is 79.9. The molecule has 5 nitrogen and oxygen atoms in total. The SMILES string of the molecule is Cc1cc(C)cc(Nc2nncc(Nc3ccc(Br)cc3)n2)c1. The third kappa shape index (κ3) is 4.26. The molecule has 0 fully saturated rings. The molecule has 0 unspecified atom stereocenters. The summed E-state index contributed by atoms with van der Waals surface area (Å²) in [4.78, 5) is 4.44. The minimum absolute atomic E-state index is 0.456. The second kappa shape index (κ2) is 6.75. The highest BCUT2D eigenvalue weighted by Gasteiger charge is 2.03. The van der Waals surface area contributed by atoms with Gasteiger partial charge in [-0.2, -0.15) is 10.1 Å². The number of nitrogens with one attached hydrogen (secondary N) is 2. The van der Waals surface area contributed by atoms with Crippen LogP contribution in [0.3, 0.4) is 0 Å². The van der Waals surface area contributed by atoms with Crippen LogP contribution in [0.2, 0.25) is 0 Å². The van der Waals surface area contributed by atoms with Gasteiger partial charge in [-0.25, -0.2) is 0 Å². The summed E-state index contributed by atoms with van der Waals surface area (Å²) in [5.74, 6) is 1.09. The highest BCUT2D eigenvalue weighted by molar-refractivity contribution is 9.10. The van der Waals surface area contributed by atoms with Gasteiger partial charge >= 0.3 is 0 Å². The first-order valence-corrected chi connectivity index (χ1v) is 7.95. The number of rotatable bonds is 4. The van der Waals surface area contributed by atoms with Gasteiger partial charge in [0.25, 0.3) is 0 Å². The molecule has 2 N–H and O–H groups in total. The fourth-order valence-electron chi connectivity index (χ4n) is 2.27. The molecule has 0 aliphatic rings. The lowest BCUT2D eigenvalue weighted by atomic mass is 10.1. The van der Waals surface area contributed by atoms with Crippen LogP contribution in [0, 0.1) is 13.8 Å². The monoisotopic (exact) mass is 369 g/mol. The number of aromatic nitrogens is 3. The molecule has 0 saturated heterocycles. The van der Waals surface area contributed by atoms with Crippen LogP contribution >= 0.6 is 15.9 Å². The lowest BCUT2D eigenvalue weighted by Gasteiger charge is -2.09. The average Bonchev–Trinajstić information content (AvgIpc) is 2.49. The van der Waals surface area contributed by atoms with Gasteiger partial charge in [0.05, 0.1) is 6.20 Å². The van der Waals surface area contributed by atoms with Crippen molar-refractivity contribution in [2.24, 2.45) is 0 Å². The Morgan fingerprint density at radius 2 is 1.57 bits per heavy atom. The van der Waals surface area contributed by atoms with Crippen LogP contribution < -0.4 is 10.6 Å². The molecule has 1 heterocycles. The Bertz CT molecular complexity index is 797. The van der Waals surface area contributed by atoms with Crippen LogP contribution in [-0.4, -0.2) is 15.2 Å². The van der Waals surface area contributed by atoms with E-state index in [1.165, 1.54) is 11.1 Å². The Hall–Kier alpha value is -2.47. The summed E-state index contributed by atoms with van der Waals surface area (Å²) >= 11 is 3.42. The Kier molecular flexibility index (Phi) is 4.52. The second-order valence-corrected chi connectivity index (χ2v) is 6.21. The van der Waals surface area contributed by atoms with Crippen molar-refractivity contribution in [2.75, 3.05) is 10.6 Å². The summed E-state index contributed by atoms with van der Waals surface area (Å²) in [6.07, 6.45) is 1.59. The van der Waals surface area contributed by atoms with Crippen LogP contribution in [0.15, 0.2) is 53.1 Å². The summed E-state index contributed by atoms with van der Waals surface area (Å²) in [6.45, 7) is 4.12. The normalized spacial score (nSPS) is 10.4. The van der Waals surface area contributed by atoms with E-state index in [2.05, 4.69) is 61.7 Å². The van der Waals surface area contributed by atoms with Crippen molar-refractivity contribution in [1.82, 2.24) is 15.2 Å². The van der Waals surface area contributed by atoms with E-state index < -0.39 is 0 Å². The molecular formula is C17H16BrN5. The summed E-state index contributed by atoms with van der Waals surface area (Å²) in [7, 11) is 0. The molecule has 0 amide bonds. The molecule has 0 aliphatic heterocycles. The Labute approximate surface area is 143 Å². The van der Waals surface area contributed by atoms with Crippen molar-refractivity contribution >= 4 is 39.1 Å². The maximum Gasteiger partial charge on any atom is 0.249 e. The lowest BCUT2D eigenvalue weighted by Crippen LogP contribution is -2.02. The standard InChI is InChI=1S/C17H16BrN5/c1-11-7-12(2)9-15(8-11)21-17-22-16(10-19-23-17)20-14-5-3-13(18)4-6-14/h3-10H,1-2H3,(H2,20,21,22,23). The summed E-state index contributed by atoms with van der Waals surface area (Å²) < 4.78 is 1.03. The first kappa shape index (κ1) is 15.4. The molecular weight excluding hydrogens is 354 g/mol. The molecule has 0 bridgehead atoms. The highest BCUT2D eigenvalue weighted by Crippen LogP contribution is 2.20. The Balaban J connectivity index is 1.78. The number of benzene rings is 2. The fraction of sp³-hybridized carbons (Fsp3) is 0.118. The van der Waals surface area contributed by atoms with Crippen molar-refractivity contribution in [2.45, 2.75) is 13.8 Å². The zero-order valence-electron chi connectivity index (χ0n) is 12.8. The van der Waals surface area contributed by atoms with Gasteiger partial charge in [-0.15, -0.1) is 5.10 Å². The molecule has 3 aromatic rings. The zero-order chi connectivity index (χ0) is 16.2. The molecule has 0 radical (unpaired) electrons. The van der Waals surface area contributed by atoms with E-state index in [0.717, 1.165) is 15.8 Å². The average molecular weight is 370 g/mol. The minimum atomic E-state index is 0.456. The minimum Gasteiger partial charge on any atom is -0.339 e. The predicted molar refractivity (Wildman–Crippen MR) is 96.5 cm³/mol. The summed E-state index contributed by atoms with van der Waals surface area (Å²) in [5.41, 5.74) is 4.25. The van der Waals surface area contributed by atoms with Gasteiger partial charge in [0.1, 0.15) is 0 Å². The lowest BCUT2D eigenvalue weighted by molar-refractivity contribution is 0.982. The first-order chi connectivity index (χ1) is 11.1. The Morgan fingerprint density at radius 3 is 2.26 bits per heavy atom. The van der Waals surface area contributed by atoms with E-state index >= 15 is 0 Å². The molecule has 0 spiro atoms. The van der Waals surface area contributed by atoms with E-state index in [1.54, 1.807) is 6.20 Å². The number of nitrogens with zero attached hydrogens (tertiary/aromatic N) is 3. The van der Waals surface area contributed by atoms with Crippen LogP contribution in [-0.2, 0) is 0 Å². The van der Waals surface area contributed by atoms with E-state index in [9.17, 15) is 0 Å². The number of hydrogen-bond donors (Lipinski definition) is 2. The number of aryl methyl sites for hydroxylation is 2. The van der Waals surface area contributed by atoms with Crippen LogP contribution in [0.25, 0.3) is 0 Å². The number of anilines is 4. The fourth-order valence-corrected chi connectivity index (χ4v) is 2.54. The summed E-state index contributed by atoms with van der Waals surface area (Å²) in [6, 6.07) is 14.1. The van der Waals surface area contributed by atoms with Gasteiger partial charge in [0, 0.05) is 15.8 Å². The van der Waals surface area contributed by atoms with Gasteiger partial charge in [0.15, 0.2) is 5.82 Å². The van der Waals surface area contributed by atoms with Crippen molar-refractivity contribution in [3.63, 3.8) is 0 Å². The van der Waals surface area contributed by atoms with Crippen LogP contribution in [0.1, 0.15) is 11.1 Å². The molecule has 116 valence electrons. The topological polar surface area (TPSA) is 62.7 Å². The molecule has 2 aromatic carbocycles. The quantitative estimate of drug-likeness (QED) is 0.695. The van der Waals surface area contributed by atoms with Gasteiger partial charge in [0.2, 0.25) is 5.95 Å². The van der Waals surface area contributed by atoms with Gasteiger partial charge in [-0.1, -0.05) is 22.0 Å². The third-order valence-corrected chi connectivity index (χ3v) is 3.68. The largest absolute Gasteiger partial charge is 0.339 e. The van der Waals surface area contributed by atoms with Crippen LogP contribution in [0.5, 0.6) is 0 Å². The van der Waals surface area contributed by atoms with E-state index in [4.69, 9.17) is 0 Å². The van der Waals surface area contributed by atoms with Crippen molar-refractivity contribution in [3.05, 3.63) is 64.3 Å². The molecule has 6 heteroatoms. The Morgan fingerprint density at radius 1 is 0.870 bits per heavy atom. The van der Waals surface area contributed by atoms with Gasteiger partial charge in [-0.3, -0.25) is 0 Å². The smallest absolute Gasteiger partial charge is 0.249 e. The molecule has 0 atom stereocenters. The molecule has 0 aliphatic carbocycles. The molecule has 23 heavy (non-hydrogen) atoms. The van der Waals surface area contributed by atoms with Crippen LogP contribution in [0.4, 0.5) is 23.1 Å². The van der Waals surface area contributed by atoms with E-state index in [1.807, 2.05) is 36.4 Å². The molecule has 1 aromatic heterocycles. The number of halogens is 1. The predicted octanol–water partition coefficient (Wildman–Crippen LogP) is 4.74. The maximum atomic E-state index is 4.44. The van der Waals surface area contributed by atoms with E-state index in [-0.39, 0.29) is 0 Å². The third-order valence-electron chi connectivity index (χ3n) is 3.15. The van der Waals surface area contributed by atoms with E-state index in [0.29, 0.717) is 11.8 Å².